The molecule has 1 unspecified atom stereocenters. The number of nitrogens with two attached hydrogens (primary N) is 1. The van der Waals surface area contributed by atoms with E-state index in [2.05, 4.69) is 17.1 Å². The quantitative estimate of drug-likeness (QED) is 0.829. The first-order valence-corrected chi connectivity index (χ1v) is 8.14. The van der Waals surface area contributed by atoms with Crippen molar-refractivity contribution in [3.05, 3.63) is 29.8 Å². The molecule has 6 heteroatoms. The van der Waals surface area contributed by atoms with E-state index in [0.717, 1.165) is 18.1 Å². The van der Waals surface area contributed by atoms with E-state index in [0.29, 0.717) is 28.8 Å². The minimum atomic E-state index is -0.0209. The molecule has 1 aliphatic heterocycles. The molecule has 2 rings (SSSR count). The molecule has 0 saturated carbocycles. The van der Waals surface area contributed by atoms with Gasteiger partial charge in [-0.2, -0.15) is 11.8 Å². The SMILES string of the molecule is CC1CSCCN1CC(=O)Nc1ccccc1C(N)=S. The van der Waals surface area contributed by atoms with Crippen LogP contribution in [0.3, 0.4) is 0 Å². The lowest BCUT2D eigenvalue weighted by molar-refractivity contribution is -0.117. The zero-order chi connectivity index (χ0) is 14.5. The number of nitrogens with zero attached hydrogens (tertiary/aromatic N) is 1. The van der Waals surface area contributed by atoms with Crippen LogP contribution >= 0.6 is 24.0 Å². The number of anilines is 1. The number of hydrogen-bond acceptors (Lipinski definition) is 4. The standard InChI is InChI=1S/C14H19N3OS2/c1-10-9-20-7-6-17(10)8-13(18)16-12-5-3-2-4-11(12)14(15)19/h2-5,10H,6-9H2,1H3,(H2,15,19)(H,16,18). The van der Waals surface area contributed by atoms with E-state index in [9.17, 15) is 4.79 Å². The van der Waals surface area contributed by atoms with Gasteiger partial charge < -0.3 is 11.1 Å². The van der Waals surface area contributed by atoms with Gasteiger partial charge in [0.2, 0.25) is 5.91 Å². The van der Waals surface area contributed by atoms with Gasteiger partial charge in [0.1, 0.15) is 4.99 Å². The molecule has 1 atom stereocenters. The minimum absolute atomic E-state index is 0.0209. The molecule has 1 saturated heterocycles. The van der Waals surface area contributed by atoms with Crippen LogP contribution in [0.5, 0.6) is 0 Å². The van der Waals surface area contributed by atoms with E-state index >= 15 is 0 Å². The highest BCUT2D eigenvalue weighted by molar-refractivity contribution is 7.99. The molecule has 4 nitrogen and oxygen atoms in total. The van der Waals surface area contributed by atoms with Crippen molar-refractivity contribution < 1.29 is 4.79 Å². The second kappa shape index (κ2) is 7.06. The van der Waals surface area contributed by atoms with Crippen molar-refractivity contribution in [2.24, 2.45) is 5.73 Å². The highest BCUT2D eigenvalue weighted by Crippen LogP contribution is 2.17. The average molecular weight is 309 g/mol. The maximum Gasteiger partial charge on any atom is 0.238 e. The molecule has 0 radical (unpaired) electrons. The Morgan fingerprint density at radius 2 is 2.30 bits per heavy atom. The second-order valence-electron chi connectivity index (χ2n) is 4.85. The topological polar surface area (TPSA) is 58.4 Å². The third-order valence-electron chi connectivity index (χ3n) is 3.32. The Morgan fingerprint density at radius 3 is 3.00 bits per heavy atom. The Balaban J connectivity index is 1.99. The summed E-state index contributed by atoms with van der Waals surface area (Å²) in [5.41, 5.74) is 7.05. The summed E-state index contributed by atoms with van der Waals surface area (Å²) in [7, 11) is 0. The number of carbonyl (C=O) groups is 1. The van der Waals surface area contributed by atoms with Crippen molar-refractivity contribution in [1.29, 1.82) is 0 Å². The van der Waals surface area contributed by atoms with E-state index in [1.54, 1.807) is 0 Å². The molecular weight excluding hydrogens is 290 g/mol. The van der Waals surface area contributed by atoms with Crippen molar-refractivity contribution in [3.63, 3.8) is 0 Å². The highest BCUT2D eigenvalue weighted by Gasteiger charge is 2.21. The summed E-state index contributed by atoms with van der Waals surface area (Å²) in [4.78, 5) is 14.7. The summed E-state index contributed by atoms with van der Waals surface area (Å²) in [5.74, 6) is 2.14. The van der Waals surface area contributed by atoms with Gasteiger partial charge in [0.25, 0.3) is 0 Å². The molecule has 0 bridgehead atoms. The predicted octanol–water partition coefficient (Wildman–Crippen LogP) is 1.70. The monoisotopic (exact) mass is 309 g/mol. The van der Waals surface area contributed by atoms with Crippen LogP contribution in [0.2, 0.25) is 0 Å². The van der Waals surface area contributed by atoms with Gasteiger partial charge in [-0.3, -0.25) is 9.69 Å². The highest BCUT2D eigenvalue weighted by atomic mass is 32.2. The molecule has 0 aromatic heterocycles. The molecule has 3 N–H and O–H groups in total. The van der Waals surface area contributed by atoms with E-state index in [1.807, 2.05) is 36.0 Å². The number of nitrogens with one attached hydrogen (secondary N) is 1. The number of amides is 1. The van der Waals surface area contributed by atoms with Crippen LogP contribution < -0.4 is 11.1 Å². The fourth-order valence-electron chi connectivity index (χ4n) is 2.18. The number of benzene rings is 1. The molecular formula is C14H19N3OS2. The molecule has 0 spiro atoms. The van der Waals surface area contributed by atoms with Crippen LogP contribution in [0.25, 0.3) is 0 Å². The van der Waals surface area contributed by atoms with Crippen LogP contribution in [0.15, 0.2) is 24.3 Å². The lowest BCUT2D eigenvalue weighted by atomic mass is 10.1. The van der Waals surface area contributed by atoms with Gasteiger partial charge in [-0.1, -0.05) is 24.4 Å². The van der Waals surface area contributed by atoms with Crippen LogP contribution in [0.4, 0.5) is 5.69 Å². The van der Waals surface area contributed by atoms with Crippen molar-refractivity contribution in [1.82, 2.24) is 4.90 Å². The molecule has 1 amide bonds. The Labute approximate surface area is 129 Å². The first kappa shape index (κ1) is 15.3. The fraction of sp³-hybridized carbons (Fsp3) is 0.429. The normalized spacial score (nSPS) is 19.6. The molecule has 1 aliphatic rings. The Kier molecular flexibility index (Phi) is 5.39. The van der Waals surface area contributed by atoms with E-state index in [4.69, 9.17) is 18.0 Å². The zero-order valence-corrected chi connectivity index (χ0v) is 13.1. The Hall–Kier alpha value is -1.11. The minimum Gasteiger partial charge on any atom is -0.389 e. The Bertz CT molecular complexity index is 507. The number of para-hydroxylation sites is 1. The molecule has 1 heterocycles. The molecule has 0 aliphatic carbocycles. The van der Waals surface area contributed by atoms with Gasteiger partial charge in [-0.05, 0) is 19.1 Å². The van der Waals surface area contributed by atoms with Crippen molar-refractivity contribution in [3.8, 4) is 0 Å². The Morgan fingerprint density at radius 1 is 1.55 bits per heavy atom. The van der Waals surface area contributed by atoms with E-state index < -0.39 is 0 Å². The average Bonchev–Trinajstić information content (AvgIpc) is 2.41. The largest absolute Gasteiger partial charge is 0.389 e. The summed E-state index contributed by atoms with van der Waals surface area (Å²) in [6.45, 7) is 3.52. The van der Waals surface area contributed by atoms with Crippen molar-refractivity contribution in [2.45, 2.75) is 13.0 Å². The number of thioether (sulfide) groups is 1. The maximum absolute atomic E-state index is 12.2. The van der Waals surface area contributed by atoms with Gasteiger partial charge in [0.05, 0.1) is 12.2 Å². The third-order valence-corrected chi connectivity index (χ3v) is 4.73. The van der Waals surface area contributed by atoms with Gasteiger partial charge in [0.15, 0.2) is 0 Å². The van der Waals surface area contributed by atoms with Gasteiger partial charge in [-0.15, -0.1) is 0 Å². The maximum atomic E-state index is 12.2. The predicted molar refractivity (Wildman–Crippen MR) is 89.3 cm³/mol. The van der Waals surface area contributed by atoms with Gasteiger partial charge >= 0.3 is 0 Å². The van der Waals surface area contributed by atoms with Crippen molar-refractivity contribution >= 4 is 40.6 Å². The summed E-state index contributed by atoms with van der Waals surface area (Å²) >= 11 is 6.93. The van der Waals surface area contributed by atoms with Gasteiger partial charge in [-0.25, -0.2) is 0 Å². The van der Waals surface area contributed by atoms with Crippen LogP contribution in [-0.4, -0.2) is 46.4 Å². The number of carbonyl (C=O) groups excluding carboxylic acids is 1. The number of rotatable bonds is 4. The lowest BCUT2D eigenvalue weighted by Crippen LogP contribution is -2.44. The molecule has 108 valence electrons. The second-order valence-corrected chi connectivity index (χ2v) is 6.44. The summed E-state index contributed by atoms with van der Waals surface area (Å²) in [6.07, 6.45) is 0. The molecule has 1 aromatic carbocycles. The smallest absolute Gasteiger partial charge is 0.238 e. The van der Waals surface area contributed by atoms with Crippen LogP contribution in [0.1, 0.15) is 12.5 Å². The molecule has 1 aromatic rings. The van der Waals surface area contributed by atoms with Crippen LogP contribution in [0, 0.1) is 0 Å². The fourth-order valence-corrected chi connectivity index (χ4v) is 3.44. The zero-order valence-electron chi connectivity index (χ0n) is 11.5. The van der Waals surface area contributed by atoms with Crippen molar-refractivity contribution in [2.75, 3.05) is 29.9 Å². The summed E-state index contributed by atoms with van der Waals surface area (Å²) < 4.78 is 0. The van der Waals surface area contributed by atoms with E-state index in [1.165, 1.54) is 0 Å². The summed E-state index contributed by atoms with van der Waals surface area (Å²) in [5, 5.41) is 2.90. The lowest BCUT2D eigenvalue weighted by Gasteiger charge is -2.32. The first-order valence-electron chi connectivity index (χ1n) is 6.58. The van der Waals surface area contributed by atoms with E-state index in [-0.39, 0.29) is 5.91 Å². The van der Waals surface area contributed by atoms with Gasteiger partial charge in [0, 0.05) is 29.7 Å². The first-order chi connectivity index (χ1) is 9.58. The number of hydrogen-bond donors (Lipinski definition) is 2. The van der Waals surface area contributed by atoms with Crippen LogP contribution in [-0.2, 0) is 4.79 Å². The molecule has 20 heavy (non-hydrogen) atoms. The molecule has 1 fully saturated rings. The summed E-state index contributed by atoms with van der Waals surface area (Å²) in [6, 6.07) is 7.79. The number of thiocarbonyl (C=S) groups is 1. The third kappa shape index (κ3) is 3.94.